The highest BCUT2D eigenvalue weighted by Gasteiger charge is 2.42. The van der Waals surface area contributed by atoms with Crippen molar-refractivity contribution in [3.63, 3.8) is 0 Å². The molecule has 2 aliphatic rings. The summed E-state index contributed by atoms with van der Waals surface area (Å²) in [7, 11) is 0. The molecule has 1 N–H and O–H groups in total. The topological polar surface area (TPSA) is 43.8 Å². The number of carbonyl (C=O) groups is 1. The van der Waals surface area contributed by atoms with Crippen LogP contribution in [0.25, 0.3) is 0 Å². The van der Waals surface area contributed by atoms with Gasteiger partial charge in [-0.15, -0.1) is 0 Å². The first-order chi connectivity index (χ1) is 11.4. The number of hydrogen-bond acceptors (Lipinski definition) is 3. The Labute approximate surface area is 145 Å². The van der Waals surface area contributed by atoms with Crippen molar-refractivity contribution < 1.29 is 9.90 Å². The van der Waals surface area contributed by atoms with E-state index in [1.165, 1.54) is 16.7 Å². The zero-order valence-corrected chi connectivity index (χ0v) is 15.2. The zero-order valence-electron chi connectivity index (χ0n) is 15.2. The predicted molar refractivity (Wildman–Crippen MR) is 95.7 cm³/mol. The highest BCUT2D eigenvalue weighted by molar-refractivity contribution is 5.73. The largest absolute Gasteiger partial charge is 0.391 e. The average molecular weight is 330 g/mol. The minimum atomic E-state index is -0.367. The van der Waals surface area contributed by atoms with Gasteiger partial charge in [0.2, 0.25) is 5.91 Å². The molecule has 1 amide bonds. The van der Waals surface area contributed by atoms with Crippen molar-refractivity contribution >= 4 is 5.91 Å². The third-order valence-corrected chi connectivity index (χ3v) is 5.97. The molecule has 0 aliphatic carbocycles. The van der Waals surface area contributed by atoms with Gasteiger partial charge < -0.3 is 10.0 Å². The van der Waals surface area contributed by atoms with Crippen molar-refractivity contribution in [2.24, 2.45) is 5.41 Å². The molecule has 0 aromatic heterocycles. The molecular formula is C20H30N2O2. The molecule has 1 atom stereocenters. The maximum absolute atomic E-state index is 11.7. The van der Waals surface area contributed by atoms with Crippen molar-refractivity contribution in [3.8, 4) is 0 Å². The lowest BCUT2D eigenvalue weighted by molar-refractivity contribution is -0.138. The lowest BCUT2D eigenvalue weighted by Crippen LogP contribution is -2.54. The zero-order chi connectivity index (χ0) is 17.3. The molecule has 4 nitrogen and oxygen atoms in total. The van der Waals surface area contributed by atoms with Gasteiger partial charge in [0, 0.05) is 26.6 Å². The summed E-state index contributed by atoms with van der Waals surface area (Å²) in [6.45, 7) is 10.3. The lowest BCUT2D eigenvalue weighted by Gasteiger charge is -2.49. The number of aliphatic hydroxyl groups is 1. The fourth-order valence-corrected chi connectivity index (χ4v) is 4.30. The summed E-state index contributed by atoms with van der Waals surface area (Å²) in [5.74, 6) is 0.0886. The van der Waals surface area contributed by atoms with Crippen molar-refractivity contribution in [2.75, 3.05) is 26.2 Å². The Kier molecular flexibility index (Phi) is 4.97. The highest BCUT2D eigenvalue weighted by Crippen LogP contribution is 2.40. The van der Waals surface area contributed by atoms with E-state index in [-0.39, 0.29) is 17.4 Å². The van der Waals surface area contributed by atoms with Gasteiger partial charge in [0.1, 0.15) is 0 Å². The molecule has 0 radical (unpaired) electrons. The van der Waals surface area contributed by atoms with E-state index in [2.05, 4.69) is 36.9 Å². The van der Waals surface area contributed by atoms with Gasteiger partial charge in [-0.3, -0.25) is 9.69 Å². The highest BCUT2D eigenvalue weighted by atomic mass is 16.3. The molecular weight excluding hydrogens is 300 g/mol. The van der Waals surface area contributed by atoms with E-state index in [0.29, 0.717) is 6.54 Å². The Morgan fingerprint density at radius 1 is 1.25 bits per heavy atom. The first-order valence-electron chi connectivity index (χ1n) is 9.09. The molecule has 132 valence electrons. The summed E-state index contributed by atoms with van der Waals surface area (Å²) in [6, 6.07) is 6.73. The Morgan fingerprint density at radius 3 is 2.58 bits per heavy atom. The summed E-state index contributed by atoms with van der Waals surface area (Å²) >= 11 is 0. The number of likely N-dealkylation sites (tertiary alicyclic amines) is 2. The second kappa shape index (κ2) is 6.85. The van der Waals surface area contributed by atoms with E-state index in [0.717, 1.165) is 45.4 Å². The second-order valence-corrected chi connectivity index (χ2v) is 7.95. The summed E-state index contributed by atoms with van der Waals surface area (Å²) in [5, 5.41) is 10.2. The van der Waals surface area contributed by atoms with Crippen molar-refractivity contribution in [1.29, 1.82) is 0 Å². The van der Waals surface area contributed by atoms with Gasteiger partial charge in [-0.1, -0.05) is 18.2 Å². The summed E-state index contributed by atoms with van der Waals surface area (Å²) in [6.07, 6.45) is 2.61. The van der Waals surface area contributed by atoms with Gasteiger partial charge in [0.05, 0.1) is 6.10 Å². The molecule has 1 spiro atoms. The minimum Gasteiger partial charge on any atom is -0.391 e. The number of aryl methyl sites for hydroxylation is 2. The van der Waals surface area contributed by atoms with Gasteiger partial charge in [0.15, 0.2) is 0 Å². The standard InChI is InChI=1S/C20H30N2O2/c1-15-4-5-18(10-16(15)2)12-21-8-6-20(7-9-21)11-19(24)13-22(14-20)17(3)23/h4-5,10,19,24H,6-9,11-14H2,1-3H3. The van der Waals surface area contributed by atoms with Crippen LogP contribution >= 0.6 is 0 Å². The molecule has 1 aromatic rings. The maximum atomic E-state index is 11.7. The minimum absolute atomic E-state index is 0.0886. The van der Waals surface area contributed by atoms with Gasteiger partial charge in [-0.25, -0.2) is 0 Å². The molecule has 4 heteroatoms. The summed E-state index contributed by atoms with van der Waals surface area (Å²) < 4.78 is 0. The van der Waals surface area contributed by atoms with E-state index in [9.17, 15) is 9.90 Å². The second-order valence-electron chi connectivity index (χ2n) is 7.95. The normalized spacial score (nSPS) is 24.3. The first kappa shape index (κ1) is 17.4. The van der Waals surface area contributed by atoms with Crippen molar-refractivity contribution in [2.45, 2.75) is 52.7 Å². The van der Waals surface area contributed by atoms with Crippen LogP contribution in [0, 0.1) is 19.3 Å². The van der Waals surface area contributed by atoms with E-state index >= 15 is 0 Å². The van der Waals surface area contributed by atoms with Crippen molar-refractivity contribution in [3.05, 3.63) is 34.9 Å². The van der Waals surface area contributed by atoms with Crippen LogP contribution in [0.1, 0.15) is 42.9 Å². The molecule has 2 aliphatic heterocycles. The molecule has 2 fully saturated rings. The van der Waals surface area contributed by atoms with Crippen LogP contribution in [0.4, 0.5) is 0 Å². The number of β-amino-alcohol motifs (C(OH)–C–C–N with tert-alkyl or cyclic N) is 1. The molecule has 3 rings (SSSR count). The lowest BCUT2D eigenvalue weighted by atomic mass is 9.71. The van der Waals surface area contributed by atoms with E-state index in [1.807, 2.05) is 4.90 Å². The SMILES string of the molecule is CC(=O)N1CC(O)CC2(CCN(Cc3ccc(C)c(C)c3)CC2)C1. The van der Waals surface area contributed by atoms with E-state index in [1.54, 1.807) is 6.92 Å². The average Bonchev–Trinajstić information content (AvgIpc) is 2.53. The van der Waals surface area contributed by atoms with Crippen molar-refractivity contribution in [1.82, 2.24) is 9.80 Å². The van der Waals surface area contributed by atoms with Crippen LogP contribution in [-0.2, 0) is 11.3 Å². The quantitative estimate of drug-likeness (QED) is 0.906. The number of aliphatic hydroxyl groups excluding tert-OH is 1. The number of hydrogen-bond donors (Lipinski definition) is 1. The number of nitrogens with zero attached hydrogens (tertiary/aromatic N) is 2. The molecule has 24 heavy (non-hydrogen) atoms. The number of rotatable bonds is 2. The third kappa shape index (κ3) is 3.81. The Hall–Kier alpha value is -1.39. The number of benzene rings is 1. The molecule has 2 saturated heterocycles. The number of amides is 1. The number of piperidine rings is 2. The monoisotopic (exact) mass is 330 g/mol. The Bertz CT molecular complexity index is 606. The molecule has 0 bridgehead atoms. The van der Waals surface area contributed by atoms with E-state index in [4.69, 9.17) is 0 Å². The van der Waals surface area contributed by atoms with Crippen LogP contribution < -0.4 is 0 Å². The van der Waals surface area contributed by atoms with Crippen LogP contribution in [0.5, 0.6) is 0 Å². The predicted octanol–water partition coefficient (Wildman–Crippen LogP) is 2.50. The molecule has 1 aromatic carbocycles. The van der Waals surface area contributed by atoms with Gasteiger partial charge in [-0.05, 0) is 68.3 Å². The first-order valence-corrected chi connectivity index (χ1v) is 9.09. The fraction of sp³-hybridized carbons (Fsp3) is 0.650. The molecule has 1 unspecified atom stereocenters. The molecule has 2 heterocycles. The van der Waals surface area contributed by atoms with Crippen LogP contribution in [-0.4, -0.2) is 53.1 Å². The Morgan fingerprint density at radius 2 is 1.96 bits per heavy atom. The fourth-order valence-electron chi connectivity index (χ4n) is 4.30. The van der Waals surface area contributed by atoms with Gasteiger partial charge >= 0.3 is 0 Å². The number of carbonyl (C=O) groups excluding carboxylic acids is 1. The maximum Gasteiger partial charge on any atom is 0.219 e. The summed E-state index contributed by atoms with van der Waals surface area (Å²) in [5.41, 5.74) is 4.19. The smallest absolute Gasteiger partial charge is 0.219 e. The van der Waals surface area contributed by atoms with Crippen LogP contribution in [0.2, 0.25) is 0 Å². The molecule has 0 saturated carbocycles. The third-order valence-electron chi connectivity index (χ3n) is 5.97. The van der Waals surface area contributed by atoms with E-state index < -0.39 is 0 Å². The van der Waals surface area contributed by atoms with Crippen LogP contribution in [0.3, 0.4) is 0 Å². The van der Waals surface area contributed by atoms with Gasteiger partial charge in [0.25, 0.3) is 0 Å². The van der Waals surface area contributed by atoms with Crippen LogP contribution in [0.15, 0.2) is 18.2 Å². The Balaban J connectivity index is 1.60. The van der Waals surface area contributed by atoms with Gasteiger partial charge in [-0.2, -0.15) is 0 Å². The summed E-state index contributed by atoms with van der Waals surface area (Å²) in [4.78, 5) is 16.1.